The summed E-state index contributed by atoms with van der Waals surface area (Å²) in [6, 6.07) is 1.02. The van der Waals surface area contributed by atoms with Crippen molar-refractivity contribution in [2.75, 3.05) is 18.8 Å². The van der Waals surface area contributed by atoms with Crippen molar-refractivity contribution >= 4 is 11.7 Å². The summed E-state index contributed by atoms with van der Waals surface area (Å²) in [5.74, 6) is 0.642. The Hall–Kier alpha value is -1.56. The van der Waals surface area contributed by atoms with Crippen LogP contribution in [0.5, 0.6) is 0 Å². The van der Waals surface area contributed by atoms with Crippen molar-refractivity contribution in [1.29, 1.82) is 0 Å². The van der Waals surface area contributed by atoms with Crippen molar-refractivity contribution in [3.8, 4) is 0 Å². The largest absolute Gasteiger partial charge is 0.382 e. The van der Waals surface area contributed by atoms with Crippen LogP contribution in [0.3, 0.4) is 0 Å². The molecule has 1 amide bonds. The van der Waals surface area contributed by atoms with E-state index in [1.807, 2.05) is 0 Å². The van der Waals surface area contributed by atoms with Crippen LogP contribution in [0.2, 0.25) is 0 Å². The number of hydrogen-bond donors (Lipinski definition) is 2. The highest BCUT2D eigenvalue weighted by atomic mass is 16.2. The lowest BCUT2D eigenvalue weighted by Gasteiger charge is -2.15. The molecule has 0 aromatic carbocycles. The number of rotatable bonds is 3. The number of likely N-dealkylation sites (tertiary alicyclic amines) is 1. The highest BCUT2D eigenvalue weighted by molar-refractivity contribution is 5.91. The molecule has 2 aliphatic rings. The van der Waals surface area contributed by atoms with Crippen molar-refractivity contribution in [3.05, 3.63) is 12.0 Å². The third kappa shape index (κ3) is 2.20. The first-order chi connectivity index (χ1) is 8.63. The van der Waals surface area contributed by atoms with Crippen LogP contribution in [-0.2, 0) is 7.05 Å². The normalized spacial score (nSPS) is 24.4. The Balaban J connectivity index is 1.59. The molecular weight excluding hydrogens is 230 g/mol. The first-order valence-electron chi connectivity index (χ1n) is 6.47. The zero-order valence-electron chi connectivity index (χ0n) is 10.6. The Morgan fingerprint density at radius 1 is 1.50 bits per heavy atom. The molecule has 0 spiro atoms. The Morgan fingerprint density at radius 3 is 2.89 bits per heavy atom. The van der Waals surface area contributed by atoms with E-state index < -0.39 is 0 Å². The van der Waals surface area contributed by atoms with Crippen molar-refractivity contribution in [1.82, 2.24) is 19.8 Å². The summed E-state index contributed by atoms with van der Waals surface area (Å²) >= 11 is 0. The van der Waals surface area contributed by atoms with E-state index in [2.05, 4.69) is 15.2 Å². The number of hydrogen-bond acceptors (Lipinski definition) is 4. The smallest absolute Gasteiger partial charge is 0.287 e. The van der Waals surface area contributed by atoms with Crippen LogP contribution in [0.15, 0.2) is 6.20 Å². The maximum Gasteiger partial charge on any atom is 0.287 e. The van der Waals surface area contributed by atoms with Gasteiger partial charge in [0.1, 0.15) is 5.82 Å². The average molecular weight is 249 g/mol. The Morgan fingerprint density at radius 2 is 2.28 bits per heavy atom. The molecule has 0 bridgehead atoms. The van der Waals surface area contributed by atoms with Gasteiger partial charge in [0, 0.05) is 38.4 Å². The summed E-state index contributed by atoms with van der Waals surface area (Å²) in [6.07, 6.45) is 5.31. The topological polar surface area (TPSA) is 76.2 Å². The summed E-state index contributed by atoms with van der Waals surface area (Å²) in [4.78, 5) is 18.6. The van der Waals surface area contributed by atoms with Crippen LogP contribution in [0.4, 0.5) is 5.82 Å². The minimum atomic E-state index is -0.128. The third-order valence-electron chi connectivity index (χ3n) is 3.72. The van der Waals surface area contributed by atoms with Gasteiger partial charge in [-0.3, -0.25) is 9.69 Å². The number of anilines is 1. The van der Waals surface area contributed by atoms with Gasteiger partial charge in [-0.05, 0) is 19.3 Å². The van der Waals surface area contributed by atoms with Gasteiger partial charge in [-0.25, -0.2) is 4.98 Å². The number of aromatic nitrogens is 2. The fraction of sp³-hybridized carbons (Fsp3) is 0.667. The number of nitrogens with one attached hydrogen (secondary N) is 1. The predicted molar refractivity (Wildman–Crippen MR) is 68.1 cm³/mol. The Bertz CT molecular complexity index is 465. The molecule has 1 unspecified atom stereocenters. The molecule has 1 aromatic heterocycles. The fourth-order valence-electron chi connectivity index (χ4n) is 2.63. The highest BCUT2D eigenvalue weighted by Gasteiger charge is 2.35. The predicted octanol–water partition coefficient (Wildman–Crippen LogP) is -0.0312. The molecule has 1 atom stereocenters. The fourth-order valence-corrected chi connectivity index (χ4v) is 2.63. The van der Waals surface area contributed by atoms with Crippen LogP contribution < -0.4 is 11.1 Å². The molecule has 0 radical (unpaired) electrons. The molecule has 1 saturated carbocycles. The quantitative estimate of drug-likeness (QED) is 0.788. The molecule has 1 aromatic rings. The third-order valence-corrected chi connectivity index (χ3v) is 3.72. The van der Waals surface area contributed by atoms with Crippen molar-refractivity contribution in [2.24, 2.45) is 7.05 Å². The van der Waals surface area contributed by atoms with E-state index in [0.717, 1.165) is 25.6 Å². The molecule has 3 rings (SSSR count). The molecule has 18 heavy (non-hydrogen) atoms. The zero-order chi connectivity index (χ0) is 12.7. The standard InChI is InChI=1S/C12H19N5O/c1-16-7-10(13)15-11(16)12(18)14-8-4-5-17(6-8)9-2-3-9/h7-9H,2-6,13H2,1H3,(H,14,18). The number of aryl methyl sites for hydroxylation is 1. The summed E-state index contributed by atoms with van der Waals surface area (Å²) in [6.45, 7) is 2.06. The monoisotopic (exact) mass is 249 g/mol. The van der Waals surface area contributed by atoms with E-state index in [1.54, 1.807) is 17.8 Å². The second kappa shape index (κ2) is 4.28. The summed E-state index contributed by atoms with van der Waals surface area (Å²) in [5.41, 5.74) is 5.58. The number of carbonyl (C=O) groups is 1. The van der Waals surface area contributed by atoms with E-state index in [-0.39, 0.29) is 11.9 Å². The maximum absolute atomic E-state index is 12.1. The lowest BCUT2D eigenvalue weighted by Crippen LogP contribution is -2.38. The molecule has 1 aliphatic carbocycles. The number of nitrogen functional groups attached to an aromatic ring is 1. The van der Waals surface area contributed by atoms with Gasteiger partial charge in [0.25, 0.3) is 5.91 Å². The first-order valence-corrected chi connectivity index (χ1v) is 6.47. The number of nitrogens with two attached hydrogens (primary N) is 1. The van der Waals surface area contributed by atoms with Crippen LogP contribution in [-0.4, -0.2) is 45.5 Å². The first kappa shape index (κ1) is 11.5. The molecular formula is C12H19N5O. The Kier molecular flexibility index (Phi) is 2.74. The van der Waals surface area contributed by atoms with Gasteiger partial charge in [0.2, 0.25) is 5.82 Å². The minimum absolute atomic E-state index is 0.128. The molecule has 6 nitrogen and oxygen atoms in total. The second-order valence-corrected chi connectivity index (χ2v) is 5.29. The SMILES string of the molecule is Cn1cc(N)nc1C(=O)NC1CCN(C2CC2)C1. The van der Waals surface area contributed by atoms with E-state index in [0.29, 0.717) is 11.6 Å². The van der Waals surface area contributed by atoms with Crippen LogP contribution in [0.25, 0.3) is 0 Å². The van der Waals surface area contributed by atoms with Crippen LogP contribution in [0.1, 0.15) is 29.9 Å². The number of amides is 1. The second-order valence-electron chi connectivity index (χ2n) is 5.29. The van der Waals surface area contributed by atoms with Crippen molar-refractivity contribution < 1.29 is 4.79 Å². The number of nitrogens with zero attached hydrogens (tertiary/aromatic N) is 3. The summed E-state index contributed by atoms with van der Waals surface area (Å²) in [5, 5.41) is 3.04. The molecule has 6 heteroatoms. The number of imidazole rings is 1. The van der Waals surface area contributed by atoms with Gasteiger partial charge in [-0.1, -0.05) is 0 Å². The maximum atomic E-state index is 12.1. The molecule has 2 heterocycles. The number of carbonyl (C=O) groups excluding carboxylic acids is 1. The minimum Gasteiger partial charge on any atom is -0.382 e. The van der Waals surface area contributed by atoms with E-state index in [4.69, 9.17) is 5.73 Å². The van der Waals surface area contributed by atoms with Crippen LogP contribution in [0, 0.1) is 0 Å². The van der Waals surface area contributed by atoms with Gasteiger partial charge in [-0.15, -0.1) is 0 Å². The van der Waals surface area contributed by atoms with E-state index in [1.165, 1.54) is 12.8 Å². The Labute approximate surface area is 106 Å². The molecule has 1 saturated heterocycles. The van der Waals surface area contributed by atoms with Gasteiger partial charge < -0.3 is 15.6 Å². The molecule has 3 N–H and O–H groups in total. The van der Waals surface area contributed by atoms with Gasteiger partial charge in [0.05, 0.1) is 0 Å². The van der Waals surface area contributed by atoms with Gasteiger partial charge >= 0.3 is 0 Å². The average Bonchev–Trinajstić information content (AvgIpc) is 2.97. The lowest BCUT2D eigenvalue weighted by molar-refractivity contribution is 0.0924. The van der Waals surface area contributed by atoms with Crippen molar-refractivity contribution in [3.63, 3.8) is 0 Å². The van der Waals surface area contributed by atoms with Crippen molar-refractivity contribution in [2.45, 2.75) is 31.3 Å². The highest BCUT2D eigenvalue weighted by Crippen LogP contribution is 2.29. The summed E-state index contributed by atoms with van der Waals surface area (Å²) < 4.78 is 1.66. The lowest BCUT2D eigenvalue weighted by atomic mass is 10.2. The zero-order valence-corrected chi connectivity index (χ0v) is 10.6. The van der Waals surface area contributed by atoms with Gasteiger partial charge in [-0.2, -0.15) is 0 Å². The molecule has 98 valence electrons. The summed E-state index contributed by atoms with van der Waals surface area (Å²) in [7, 11) is 1.78. The molecule has 1 aliphatic heterocycles. The van der Waals surface area contributed by atoms with Gasteiger partial charge in [0.15, 0.2) is 0 Å². The molecule has 2 fully saturated rings. The van der Waals surface area contributed by atoms with E-state index in [9.17, 15) is 4.79 Å². The van der Waals surface area contributed by atoms with E-state index >= 15 is 0 Å². The van der Waals surface area contributed by atoms with Crippen LogP contribution >= 0.6 is 0 Å².